The Morgan fingerprint density at radius 1 is 1.59 bits per heavy atom. The van der Waals surface area contributed by atoms with Crippen molar-refractivity contribution in [2.45, 2.75) is 13.3 Å². The Bertz CT molecular complexity index is 536. The van der Waals surface area contributed by atoms with Gasteiger partial charge in [0.05, 0.1) is 0 Å². The van der Waals surface area contributed by atoms with E-state index in [0.717, 1.165) is 5.69 Å². The molecule has 2 rings (SSSR count). The second-order valence-corrected chi connectivity index (χ2v) is 3.57. The average Bonchev–Trinajstić information content (AvgIpc) is 2.75. The highest BCUT2D eigenvalue weighted by molar-refractivity contribution is 5.90. The van der Waals surface area contributed by atoms with E-state index in [0.29, 0.717) is 18.7 Å². The molecule has 7 heteroatoms. The summed E-state index contributed by atoms with van der Waals surface area (Å²) in [6, 6.07) is 1.79. The van der Waals surface area contributed by atoms with Crippen molar-refractivity contribution in [3.63, 3.8) is 0 Å². The Morgan fingerprint density at radius 3 is 3.12 bits per heavy atom. The lowest BCUT2D eigenvalue weighted by atomic mass is 10.4. The topological polar surface area (TPSA) is 92.4 Å². The molecule has 0 aliphatic heterocycles. The van der Waals surface area contributed by atoms with Crippen LogP contribution in [-0.2, 0) is 0 Å². The van der Waals surface area contributed by atoms with Gasteiger partial charge in [-0.05, 0) is 19.4 Å². The van der Waals surface area contributed by atoms with Gasteiger partial charge >= 0.3 is 0 Å². The van der Waals surface area contributed by atoms with Crippen molar-refractivity contribution in [1.82, 2.24) is 24.9 Å². The third-order valence-corrected chi connectivity index (χ3v) is 2.25. The maximum atomic E-state index is 11.6. The number of carbonyl (C=O) groups is 1. The molecule has 0 aromatic carbocycles. The number of aliphatic hydroxyl groups is 1. The first-order valence-corrected chi connectivity index (χ1v) is 5.30. The van der Waals surface area contributed by atoms with Gasteiger partial charge in [-0.15, -0.1) is 5.10 Å². The minimum atomic E-state index is -0.358. The number of aryl methyl sites for hydroxylation is 1. The fourth-order valence-electron chi connectivity index (χ4n) is 1.36. The van der Waals surface area contributed by atoms with Gasteiger partial charge in [0, 0.05) is 25.0 Å². The molecule has 7 nitrogen and oxygen atoms in total. The Labute approximate surface area is 97.5 Å². The quantitative estimate of drug-likeness (QED) is 0.700. The van der Waals surface area contributed by atoms with Gasteiger partial charge < -0.3 is 10.4 Å². The molecule has 1 amide bonds. The molecule has 0 saturated heterocycles. The van der Waals surface area contributed by atoms with Crippen LogP contribution in [0, 0.1) is 6.92 Å². The van der Waals surface area contributed by atoms with Crippen molar-refractivity contribution < 1.29 is 9.90 Å². The number of fused-ring (bicyclic) bond motifs is 1. The molecule has 0 atom stereocenters. The smallest absolute Gasteiger partial charge is 0.291 e. The van der Waals surface area contributed by atoms with Crippen molar-refractivity contribution in [3.05, 3.63) is 23.8 Å². The fraction of sp³-hybridized carbons (Fsp3) is 0.400. The van der Waals surface area contributed by atoms with Crippen LogP contribution in [0.1, 0.15) is 22.7 Å². The molecule has 0 unspecified atom stereocenters. The molecule has 0 radical (unpaired) electrons. The zero-order valence-corrected chi connectivity index (χ0v) is 9.42. The third kappa shape index (κ3) is 2.39. The van der Waals surface area contributed by atoms with Crippen molar-refractivity contribution in [1.29, 1.82) is 0 Å². The molecule has 0 saturated carbocycles. The van der Waals surface area contributed by atoms with E-state index in [4.69, 9.17) is 5.11 Å². The molecule has 0 aliphatic carbocycles. The van der Waals surface area contributed by atoms with Gasteiger partial charge in [-0.2, -0.15) is 4.98 Å². The Morgan fingerprint density at radius 2 is 2.41 bits per heavy atom. The standard InChI is InChI=1S/C10H13N5O2/c1-7-3-5-12-10-13-8(14-15(7)10)9(17)11-4-2-6-16/h3,5,16H,2,4,6H2,1H3,(H,11,17). The summed E-state index contributed by atoms with van der Waals surface area (Å²) in [5, 5.41) is 15.3. The summed E-state index contributed by atoms with van der Waals surface area (Å²) in [7, 11) is 0. The van der Waals surface area contributed by atoms with E-state index in [1.54, 1.807) is 12.3 Å². The number of rotatable bonds is 4. The van der Waals surface area contributed by atoms with Gasteiger partial charge in [-0.3, -0.25) is 4.79 Å². The van der Waals surface area contributed by atoms with E-state index in [-0.39, 0.29) is 18.3 Å². The first kappa shape index (κ1) is 11.5. The molecule has 17 heavy (non-hydrogen) atoms. The van der Waals surface area contributed by atoms with Gasteiger partial charge in [0.25, 0.3) is 11.7 Å². The van der Waals surface area contributed by atoms with Crippen LogP contribution < -0.4 is 5.32 Å². The lowest BCUT2D eigenvalue weighted by molar-refractivity contribution is 0.0941. The van der Waals surface area contributed by atoms with Crippen molar-refractivity contribution in [2.24, 2.45) is 0 Å². The first-order valence-electron chi connectivity index (χ1n) is 5.30. The predicted molar refractivity (Wildman–Crippen MR) is 59.6 cm³/mol. The maximum absolute atomic E-state index is 11.6. The summed E-state index contributed by atoms with van der Waals surface area (Å²) < 4.78 is 1.51. The summed E-state index contributed by atoms with van der Waals surface area (Å²) in [5.41, 5.74) is 0.858. The predicted octanol–water partition coefficient (Wildman–Crippen LogP) is -0.455. The van der Waals surface area contributed by atoms with E-state index < -0.39 is 0 Å². The number of carbonyl (C=O) groups excluding carboxylic acids is 1. The molecule has 0 fully saturated rings. The Balaban J connectivity index is 2.19. The van der Waals surface area contributed by atoms with Crippen LogP contribution in [0.2, 0.25) is 0 Å². The molecule has 0 bridgehead atoms. The molecule has 90 valence electrons. The molecular formula is C10H13N5O2. The lowest BCUT2D eigenvalue weighted by Crippen LogP contribution is -2.26. The summed E-state index contributed by atoms with van der Waals surface area (Å²) in [6.07, 6.45) is 2.13. The summed E-state index contributed by atoms with van der Waals surface area (Å²) in [5.74, 6) is 0.130. The number of amides is 1. The van der Waals surface area contributed by atoms with Gasteiger partial charge in [0.15, 0.2) is 0 Å². The summed E-state index contributed by atoms with van der Waals surface area (Å²) >= 11 is 0. The molecule has 0 spiro atoms. The van der Waals surface area contributed by atoms with E-state index in [9.17, 15) is 4.79 Å². The van der Waals surface area contributed by atoms with Crippen LogP contribution >= 0.6 is 0 Å². The van der Waals surface area contributed by atoms with E-state index in [1.165, 1.54) is 4.52 Å². The highest BCUT2D eigenvalue weighted by atomic mass is 16.3. The summed E-state index contributed by atoms with van der Waals surface area (Å²) in [4.78, 5) is 19.7. The van der Waals surface area contributed by atoms with Gasteiger partial charge in [-0.25, -0.2) is 9.50 Å². The van der Waals surface area contributed by atoms with Crippen molar-refractivity contribution >= 4 is 11.7 Å². The normalized spacial score (nSPS) is 10.7. The van der Waals surface area contributed by atoms with Gasteiger partial charge in [0.2, 0.25) is 5.82 Å². The Hall–Kier alpha value is -2.02. The average molecular weight is 235 g/mol. The second-order valence-electron chi connectivity index (χ2n) is 3.57. The van der Waals surface area contributed by atoms with E-state index >= 15 is 0 Å². The van der Waals surface area contributed by atoms with Crippen LogP contribution in [0.4, 0.5) is 0 Å². The third-order valence-electron chi connectivity index (χ3n) is 2.25. The molecule has 2 aromatic heterocycles. The first-order chi connectivity index (χ1) is 8.22. The minimum Gasteiger partial charge on any atom is -0.396 e. The largest absolute Gasteiger partial charge is 0.396 e. The Kier molecular flexibility index (Phi) is 3.29. The second kappa shape index (κ2) is 4.88. The number of hydrogen-bond donors (Lipinski definition) is 2. The number of nitrogens with one attached hydrogen (secondary N) is 1. The van der Waals surface area contributed by atoms with Crippen LogP contribution in [-0.4, -0.2) is 43.7 Å². The molecular weight excluding hydrogens is 222 g/mol. The van der Waals surface area contributed by atoms with Crippen LogP contribution in [0.5, 0.6) is 0 Å². The van der Waals surface area contributed by atoms with Crippen molar-refractivity contribution in [3.8, 4) is 0 Å². The molecule has 0 aliphatic rings. The van der Waals surface area contributed by atoms with E-state index in [1.807, 2.05) is 6.92 Å². The number of nitrogens with zero attached hydrogens (tertiary/aromatic N) is 4. The molecule has 2 heterocycles. The number of hydrogen-bond acceptors (Lipinski definition) is 5. The highest BCUT2D eigenvalue weighted by Crippen LogP contribution is 2.01. The van der Waals surface area contributed by atoms with Gasteiger partial charge in [0.1, 0.15) is 0 Å². The van der Waals surface area contributed by atoms with E-state index in [2.05, 4.69) is 20.4 Å². The summed E-state index contributed by atoms with van der Waals surface area (Å²) in [6.45, 7) is 2.30. The minimum absolute atomic E-state index is 0.0412. The maximum Gasteiger partial charge on any atom is 0.291 e. The van der Waals surface area contributed by atoms with Crippen molar-refractivity contribution in [2.75, 3.05) is 13.2 Å². The zero-order chi connectivity index (χ0) is 12.3. The number of aliphatic hydroxyl groups excluding tert-OH is 1. The molecule has 2 aromatic rings. The fourth-order valence-corrected chi connectivity index (χ4v) is 1.36. The lowest BCUT2D eigenvalue weighted by Gasteiger charge is -1.98. The SMILES string of the molecule is Cc1ccnc2nc(C(=O)NCCCO)nn12. The highest BCUT2D eigenvalue weighted by Gasteiger charge is 2.13. The van der Waals surface area contributed by atoms with Crippen LogP contribution in [0.3, 0.4) is 0 Å². The molecule has 2 N–H and O–H groups in total. The zero-order valence-electron chi connectivity index (χ0n) is 9.42. The number of aromatic nitrogens is 4. The van der Waals surface area contributed by atoms with Crippen LogP contribution in [0.25, 0.3) is 5.78 Å². The monoisotopic (exact) mass is 235 g/mol. The van der Waals surface area contributed by atoms with Gasteiger partial charge in [-0.1, -0.05) is 0 Å². The van der Waals surface area contributed by atoms with Crippen LogP contribution in [0.15, 0.2) is 12.3 Å².